The molecule has 0 aliphatic heterocycles. The molecule has 0 atom stereocenters. The monoisotopic (exact) mass is 297 g/mol. The lowest BCUT2D eigenvalue weighted by Crippen LogP contribution is -1.92. The minimum atomic E-state index is -0.512. The number of nitrogens with zero attached hydrogens (tertiary/aromatic N) is 1. The number of halogens is 1. The number of allylic oxidation sites excluding steroid dienone is 2. The van der Waals surface area contributed by atoms with Gasteiger partial charge in [-0.2, -0.15) is 0 Å². The maximum Gasteiger partial charge on any atom is 0.287 e. The van der Waals surface area contributed by atoms with Crippen LogP contribution in [0.15, 0.2) is 36.1 Å². The molecule has 0 bridgehead atoms. The summed E-state index contributed by atoms with van der Waals surface area (Å²) in [7, 11) is 0. The van der Waals surface area contributed by atoms with Crippen LogP contribution in [-0.2, 0) is 4.74 Å². The Morgan fingerprint density at radius 1 is 1.45 bits per heavy atom. The molecule has 0 spiro atoms. The van der Waals surface area contributed by atoms with Gasteiger partial charge in [-0.3, -0.25) is 10.1 Å². The zero-order valence-electron chi connectivity index (χ0n) is 11.8. The van der Waals surface area contributed by atoms with E-state index in [0.29, 0.717) is 0 Å². The van der Waals surface area contributed by atoms with E-state index >= 15 is 0 Å². The van der Waals surface area contributed by atoms with Crippen molar-refractivity contribution in [1.29, 1.82) is 0 Å². The van der Waals surface area contributed by atoms with Crippen molar-refractivity contribution in [2.24, 2.45) is 5.92 Å². The van der Waals surface area contributed by atoms with Crippen LogP contribution in [0.25, 0.3) is 0 Å². The van der Waals surface area contributed by atoms with Gasteiger partial charge in [0.2, 0.25) is 0 Å². The van der Waals surface area contributed by atoms with Crippen LogP contribution in [-0.4, -0.2) is 11.5 Å². The molecule has 1 aliphatic carbocycles. The molecular formula is C15H20ClNO3. The Kier molecular flexibility index (Phi) is 7.09. The first kappa shape index (κ1) is 16.5. The number of para-hydroxylation sites is 1. The van der Waals surface area contributed by atoms with Crippen molar-refractivity contribution in [3.63, 3.8) is 0 Å². The van der Waals surface area contributed by atoms with Crippen LogP contribution in [0.2, 0.25) is 5.02 Å². The van der Waals surface area contributed by atoms with Gasteiger partial charge in [0.25, 0.3) is 5.69 Å². The molecule has 0 saturated heterocycles. The fourth-order valence-corrected chi connectivity index (χ4v) is 1.88. The summed E-state index contributed by atoms with van der Waals surface area (Å²) in [5, 5.41) is 10.3. The molecule has 1 aliphatic rings. The van der Waals surface area contributed by atoms with E-state index in [-0.39, 0.29) is 10.7 Å². The third-order valence-corrected chi connectivity index (χ3v) is 3.06. The van der Waals surface area contributed by atoms with Crippen molar-refractivity contribution in [3.05, 3.63) is 51.2 Å². The van der Waals surface area contributed by atoms with Gasteiger partial charge in [-0.05, 0) is 38.3 Å². The number of nitro benzene ring substituents is 1. The Morgan fingerprint density at radius 3 is 2.50 bits per heavy atom. The highest BCUT2D eigenvalue weighted by atomic mass is 35.5. The zero-order valence-corrected chi connectivity index (χ0v) is 12.6. The zero-order chi connectivity index (χ0) is 15.0. The standard InChI is InChI=1S/C9H16O.C6H4ClNO2/c1-3-5-9(10-4-2)8-6-7-8;7-5-3-1-2-4-6(5)8(9)10/h5,8H,3-4,6-7H2,1-2H3;1-4H/b9-5+;. The molecule has 0 heterocycles. The molecule has 0 amide bonds. The van der Waals surface area contributed by atoms with Gasteiger partial charge >= 0.3 is 0 Å². The first-order valence-corrected chi connectivity index (χ1v) is 7.19. The summed E-state index contributed by atoms with van der Waals surface area (Å²) < 4.78 is 5.47. The van der Waals surface area contributed by atoms with E-state index in [0.717, 1.165) is 18.9 Å². The summed E-state index contributed by atoms with van der Waals surface area (Å²) in [5.74, 6) is 2.02. The number of ether oxygens (including phenoxy) is 1. The van der Waals surface area contributed by atoms with Crippen molar-refractivity contribution in [3.8, 4) is 0 Å². The number of hydrogen-bond acceptors (Lipinski definition) is 3. The Hall–Kier alpha value is -1.55. The van der Waals surface area contributed by atoms with Crippen molar-refractivity contribution < 1.29 is 9.66 Å². The third kappa shape index (κ3) is 5.61. The van der Waals surface area contributed by atoms with Crippen molar-refractivity contribution in [2.45, 2.75) is 33.1 Å². The topological polar surface area (TPSA) is 52.4 Å². The molecule has 5 heteroatoms. The lowest BCUT2D eigenvalue weighted by Gasteiger charge is -2.05. The summed E-state index contributed by atoms with van der Waals surface area (Å²) in [5.41, 5.74) is -0.0517. The third-order valence-electron chi connectivity index (χ3n) is 2.75. The van der Waals surface area contributed by atoms with E-state index < -0.39 is 4.92 Å². The van der Waals surface area contributed by atoms with E-state index in [4.69, 9.17) is 16.3 Å². The fraction of sp³-hybridized carbons (Fsp3) is 0.467. The Labute approximate surface area is 124 Å². The lowest BCUT2D eigenvalue weighted by molar-refractivity contribution is -0.384. The van der Waals surface area contributed by atoms with Gasteiger partial charge in [0, 0.05) is 12.0 Å². The Morgan fingerprint density at radius 2 is 2.10 bits per heavy atom. The number of benzene rings is 1. The molecule has 4 nitrogen and oxygen atoms in total. The normalized spacial score (nSPS) is 14.2. The molecular weight excluding hydrogens is 278 g/mol. The molecule has 0 radical (unpaired) electrons. The van der Waals surface area contributed by atoms with Gasteiger partial charge in [0.1, 0.15) is 5.02 Å². The Balaban J connectivity index is 0.000000200. The molecule has 0 unspecified atom stereocenters. The largest absolute Gasteiger partial charge is 0.498 e. The average molecular weight is 298 g/mol. The van der Waals surface area contributed by atoms with Crippen LogP contribution in [0.4, 0.5) is 5.69 Å². The van der Waals surface area contributed by atoms with Crippen LogP contribution < -0.4 is 0 Å². The molecule has 1 aromatic carbocycles. The smallest absolute Gasteiger partial charge is 0.287 e. The first-order valence-electron chi connectivity index (χ1n) is 6.81. The van der Waals surface area contributed by atoms with Crippen molar-refractivity contribution in [1.82, 2.24) is 0 Å². The van der Waals surface area contributed by atoms with E-state index in [2.05, 4.69) is 13.0 Å². The second-order valence-electron chi connectivity index (χ2n) is 4.43. The maximum absolute atomic E-state index is 10.1. The van der Waals surface area contributed by atoms with Gasteiger partial charge in [-0.1, -0.05) is 30.7 Å². The highest BCUT2D eigenvalue weighted by Gasteiger charge is 2.26. The van der Waals surface area contributed by atoms with Crippen LogP contribution in [0.5, 0.6) is 0 Å². The predicted molar refractivity (Wildman–Crippen MR) is 80.8 cm³/mol. The number of nitro groups is 1. The summed E-state index contributed by atoms with van der Waals surface area (Å²) in [6.07, 6.45) is 5.99. The van der Waals surface area contributed by atoms with Gasteiger partial charge in [0.15, 0.2) is 0 Å². The molecule has 1 saturated carbocycles. The molecule has 110 valence electrons. The molecule has 1 fully saturated rings. The number of hydrogen-bond donors (Lipinski definition) is 0. The second kappa shape index (κ2) is 8.59. The Bertz CT molecular complexity index is 470. The SMILES string of the molecule is CC/C=C(/OCC)C1CC1.O=[N+]([O-])c1ccccc1Cl. The summed E-state index contributed by atoms with van der Waals surface area (Å²) >= 11 is 5.48. The predicted octanol–water partition coefficient (Wildman–Crippen LogP) is 4.98. The quantitative estimate of drug-likeness (QED) is 0.438. The van der Waals surface area contributed by atoms with Gasteiger partial charge in [0.05, 0.1) is 17.3 Å². The molecule has 1 aromatic rings. The van der Waals surface area contributed by atoms with Gasteiger partial charge < -0.3 is 4.74 Å². The highest BCUT2D eigenvalue weighted by Crippen LogP contribution is 2.37. The molecule has 2 rings (SSSR count). The molecule has 0 aromatic heterocycles. The summed E-state index contributed by atoms with van der Waals surface area (Å²) in [6.45, 7) is 5.02. The van der Waals surface area contributed by atoms with E-state index in [1.165, 1.54) is 30.7 Å². The van der Waals surface area contributed by atoms with Crippen LogP contribution >= 0.6 is 11.6 Å². The van der Waals surface area contributed by atoms with E-state index in [1.54, 1.807) is 12.1 Å². The minimum absolute atomic E-state index is 0.0517. The maximum atomic E-state index is 10.1. The fourth-order valence-electron chi connectivity index (χ4n) is 1.68. The molecule has 0 N–H and O–H groups in total. The van der Waals surface area contributed by atoms with E-state index in [1.807, 2.05) is 6.92 Å². The lowest BCUT2D eigenvalue weighted by atomic mass is 10.3. The summed E-state index contributed by atoms with van der Waals surface area (Å²) in [4.78, 5) is 9.63. The van der Waals surface area contributed by atoms with Crippen LogP contribution in [0.3, 0.4) is 0 Å². The van der Waals surface area contributed by atoms with Crippen molar-refractivity contribution in [2.75, 3.05) is 6.61 Å². The molecule has 20 heavy (non-hydrogen) atoms. The van der Waals surface area contributed by atoms with E-state index in [9.17, 15) is 10.1 Å². The van der Waals surface area contributed by atoms with Gasteiger partial charge in [-0.25, -0.2) is 0 Å². The van der Waals surface area contributed by atoms with Gasteiger partial charge in [-0.15, -0.1) is 0 Å². The number of rotatable bonds is 5. The minimum Gasteiger partial charge on any atom is -0.498 e. The first-order chi connectivity index (χ1) is 9.60. The average Bonchev–Trinajstić information content (AvgIpc) is 3.24. The van der Waals surface area contributed by atoms with Crippen LogP contribution in [0.1, 0.15) is 33.1 Å². The van der Waals surface area contributed by atoms with Crippen molar-refractivity contribution >= 4 is 17.3 Å². The summed E-state index contributed by atoms with van der Waals surface area (Å²) in [6, 6.07) is 6.07. The highest BCUT2D eigenvalue weighted by molar-refractivity contribution is 6.32. The second-order valence-corrected chi connectivity index (χ2v) is 4.84. The van der Waals surface area contributed by atoms with Crippen LogP contribution in [0, 0.1) is 16.0 Å².